The van der Waals surface area contributed by atoms with E-state index in [1.807, 2.05) is 11.0 Å². The van der Waals surface area contributed by atoms with Gasteiger partial charge in [0.25, 0.3) is 10.0 Å². The summed E-state index contributed by atoms with van der Waals surface area (Å²) in [5, 5.41) is 2.76. The van der Waals surface area contributed by atoms with Crippen LogP contribution in [0.4, 0.5) is 11.4 Å². The van der Waals surface area contributed by atoms with Crippen molar-refractivity contribution >= 4 is 27.3 Å². The Morgan fingerprint density at radius 1 is 1.04 bits per heavy atom. The number of para-hydroxylation sites is 2. The number of anilines is 2. The van der Waals surface area contributed by atoms with Gasteiger partial charge in [-0.2, -0.15) is 0 Å². The lowest BCUT2D eigenvalue weighted by Crippen LogP contribution is -2.47. The average molecular weight is 389 g/mol. The first-order valence-electron chi connectivity index (χ1n) is 8.56. The first kappa shape index (κ1) is 17.5. The van der Waals surface area contributed by atoms with Crippen molar-refractivity contribution in [2.75, 3.05) is 42.5 Å². The van der Waals surface area contributed by atoms with Gasteiger partial charge in [-0.25, -0.2) is 8.42 Å². The molecule has 2 heterocycles. The van der Waals surface area contributed by atoms with Crippen LogP contribution in [0.1, 0.15) is 0 Å². The monoisotopic (exact) mass is 389 g/mol. The van der Waals surface area contributed by atoms with E-state index in [0.29, 0.717) is 49.2 Å². The van der Waals surface area contributed by atoms with E-state index in [-0.39, 0.29) is 17.3 Å². The highest BCUT2D eigenvalue weighted by Crippen LogP contribution is 2.34. The Labute approximate surface area is 157 Å². The molecule has 2 aliphatic rings. The topological polar surface area (TPSA) is 97.0 Å². The van der Waals surface area contributed by atoms with Crippen molar-refractivity contribution < 1.29 is 22.7 Å². The van der Waals surface area contributed by atoms with Gasteiger partial charge in [0.2, 0.25) is 5.91 Å². The standard InChI is InChI=1S/C18H19N3O5S/c22-18-12-21(8-7-19-18)15-4-2-1-3-14(15)20-27(23,24)13-5-6-16-17(11-13)26-10-9-25-16/h1-6,11,20H,7-10,12H2,(H,19,22). The molecule has 2 aliphatic heterocycles. The SMILES string of the molecule is O=C1CN(c2ccccc2NS(=O)(=O)c2ccc3c(c2)OCCO3)CCN1. The summed E-state index contributed by atoms with van der Waals surface area (Å²) in [5.74, 6) is 0.843. The highest BCUT2D eigenvalue weighted by atomic mass is 32.2. The first-order chi connectivity index (χ1) is 13.0. The van der Waals surface area contributed by atoms with Crippen LogP contribution >= 0.6 is 0 Å². The number of amides is 1. The lowest BCUT2D eigenvalue weighted by Gasteiger charge is -2.30. The molecule has 8 nitrogen and oxygen atoms in total. The van der Waals surface area contributed by atoms with Gasteiger partial charge in [0.15, 0.2) is 11.5 Å². The second-order valence-electron chi connectivity index (χ2n) is 6.20. The zero-order valence-corrected chi connectivity index (χ0v) is 15.3. The van der Waals surface area contributed by atoms with Gasteiger partial charge in [-0.15, -0.1) is 0 Å². The van der Waals surface area contributed by atoms with Gasteiger partial charge in [0.05, 0.1) is 22.8 Å². The molecule has 4 rings (SSSR count). The fourth-order valence-corrected chi connectivity index (χ4v) is 4.16. The van der Waals surface area contributed by atoms with E-state index in [9.17, 15) is 13.2 Å². The summed E-state index contributed by atoms with van der Waals surface area (Å²) in [7, 11) is -3.83. The average Bonchev–Trinajstić information content (AvgIpc) is 2.68. The fourth-order valence-electron chi connectivity index (χ4n) is 3.07. The number of nitrogens with zero attached hydrogens (tertiary/aromatic N) is 1. The number of sulfonamides is 1. The van der Waals surface area contributed by atoms with Crippen molar-refractivity contribution in [2.45, 2.75) is 4.90 Å². The minimum atomic E-state index is -3.83. The van der Waals surface area contributed by atoms with Crippen molar-refractivity contribution in [3.8, 4) is 11.5 Å². The molecule has 1 amide bonds. The third-order valence-corrected chi connectivity index (χ3v) is 5.71. The van der Waals surface area contributed by atoms with E-state index in [2.05, 4.69) is 10.0 Å². The summed E-state index contributed by atoms with van der Waals surface area (Å²) in [4.78, 5) is 13.6. The number of benzene rings is 2. The maximum Gasteiger partial charge on any atom is 0.262 e. The number of hydrogen-bond donors (Lipinski definition) is 2. The van der Waals surface area contributed by atoms with E-state index >= 15 is 0 Å². The second kappa shape index (κ2) is 6.99. The van der Waals surface area contributed by atoms with Gasteiger partial charge in [0.1, 0.15) is 13.2 Å². The van der Waals surface area contributed by atoms with Crippen molar-refractivity contribution in [2.24, 2.45) is 0 Å². The number of fused-ring (bicyclic) bond motifs is 1. The van der Waals surface area contributed by atoms with E-state index in [1.54, 1.807) is 24.3 Å². The number of hydrogen-bond acceptors (Lipinski definition) is 6. The number of rotatable bonds is 4. The summed E-state index contributed by atoms with van der Waals surface area (Å²) in [6.45, 7) is 2.12. The number of carbonyl (C=O) groups excluding carboxylic acids is 1. The summed E-state index contributed by atoms with van der Waals surface area (Å²) < 4.78 is 39.3. The number of carbonyl (C=O) groups is 1. The van der Waals surface area contributed by atoms with E-state index in [1.165, 1.54) is 12.1 Å². The lowest BCUT2D eigenvalue weighted by molar-refractivity contribution is -0.120. The second-order valence-corrected chi connectivity index (χ2v) is 7.88. The highest BCUT2D eigenvalue weighted by molar-refractivity contribution is 7.92. The molecule has 27 heavy (non-hydrogen) atoms. The minimum Gasteiger partial charge on any atom is -0.486 e. The Bertz CT molecular complexity index is 977. The molecule has 0 spiro atoms. The molecule has 0 radical (unpaired) electrons. The predicted octanol–water partition coefficient (Wildman–Crippen LogP) is 1.19. The van der Waals surface area contributed by atoms with Crippen LogP contribution in [-0.4, -0.2) is 47.2 Å². The summed E-state index contributed by atoms with van der Waals surface area (Å²) >= 11 is 0. The smallest absolute Gasteiger partial charge is 0.262 e. The molecule has 1 fully saturated rings. The van der Waals surface area contributed by atoms with Gasteiger partial charge >= 0.3 is 0 Å². The normalized spacial score (nSPS) is 16.6. The van der Waals surface area contributed by atoms with E-state index in [4.69, 9.17) is 9.47 Å². The largest absolute Gasteiger partial charge is 0.486 e. The van der Waals surface area contributed by atoms with Gasteiger partial charge in [0, 0.05) is 19.2 Å². The molecule has 0 aromatic heterocycles. The minimum absolute atomic E-state index is 0.0814. The molecular weight excluding hydrogens is 370 g/mol. The Morgan fingerprint density at radius 3 is 2.63 bits per heavy atom. The Balaban J connectivity index is 1.63. The Hall–Kier alpha value is -2.94. The van der Waals surface area contributed by atoms with Crippen molar-refractivity contribution in [3.63, 3.8) is 0 Å². The first-order valence-corrected chi connectivity index (χ1v) is 10.0. The fraction of sp³-hybridized carbons (Fsp3) is 0.278. The maximum atomic E-state index is 12.9. The summed E-state index contributed by atoms with van der Waals surface area (Å²) in [6.07, 6.45) is 0. The van der Waals surface area contributed by atoms with Crippen molar-refractivity contribution in [3.05, 3.63) is 42.5 Å². The van der Waals surface area contributed by atoms with Crippen LogP contribution < -0.4 is 24.4 Å². The molecular formula is C18H19N3O5S. The number of ether oxygens (including phenoxy) is 2. The predicted molar refractivity (Wildman–Crippen MR) is 99.9 cm³/mol. The molecule has 9 heteroatoms. The van der Waals surface area contributed by atoms with Gasteiger partial charge < -0.3 is 19.7 Å². The molecule has 0 unspecified atom stereocenters. The van der Waals surface area contributed by atoms with Crippen LogP contribution in [-0.2, 0) is 14.8 Å². The van der Waals surface area contributed by atoms with Crippen molar-refractivity contribution in [1.29, 1.82) is 0 Å². The molecule has 0 saturated carbocycles. The van der Waals surface area contributed by atoms with Crippen LogP contribution in [0.5, 0.6) is 11.5 Å². The molecule has 0 atom stereocenters. The Kier molecular flexibility index (Phi) is 4.53. The van der Waals surface area contributed by atoms with Crippen LogP contribution in [0, 0.1) is 0 Å². The van der Waals surface area contributed by atoms with Gasteiger partial charge in [-0.1, -0.05) is 12.1 Å². The molecule has 2 aromatic carbocycles. The lowest BCUT2D eigenvalue weighted by atomic mass is 10.2. The highest BCUT2D eigenvalue weighted by Gasteiger charge is 2.23. The number of piperazine rings is 1. The molecule has 142 valence electrons. The summed E-state index contributed by atoms with van der Waals surface area (Å²) in [5.41, 5.74) is 1.08. The molecule has 2 aromatic rings. The van der Waals surface area contributed by atoms with Gasteiger partial charge in [-0.05, 0) is 24.3 Å². The van der Waals surface area contributed by atoms with E-state index < -0.39 is 10.0 Å². The zero-order valence-electron chi connectivity index (χ0n) is 14.5. The summed E-state index contributed by atoms with van der Waals surface area (Å²) in [6, 6.07) is 11.5. The van der Waals surface area contributed by atoms with Gasteiger partial charge in [-0.3, -0.25) is 9.52 Å². The number of nitrogens with one attached hydrogen (secondary N) is 2. The zero-order chi connectivity index (χ0) is 18.9. The van der Waals surface area contributed by atoms with Crippen LogP contribution in [0.2, 0.25) is 0 Å². The molecule has 1 saturated heterocycles. The molecule has 2 N–H and O–H groups in total. The molecule has 0 aliphatic carbocycles. The van der Waals surface area contributed by atoms with Crippen LogP contribution in [0.15, 0.2) is 47.4 Å². The third-order valence-electron chi connectivity index (χ3n) is 4.35. The van der Waals surface area contributed by atoms with E-state index in [0.717, 1.165) is 0 Å². The quantitative estimate of drug-likeness (QED) is 0.816. The van der Waals surface area contributed by atoms with Crippen LogP contribution in [0.25, 0.3) is 0 Å². The molecule has 0 bridgehead atoms. The van der Waals surface area contributed by atoms with Crippen molar-refractivity contribution in [1.82, 2.24) is 5.32 Å². The third kappa shape index (κ3) is 3.63. The Morgan fingerprint density at radius 2 is 1.81 bits per heavy atom. The maximum absolute atomic E-state index is 12.9. The van der Waals surface area contributed by atoms with Crippen LogP contribution in [0.3, 0.4) is 0 Å².